The number of benzene rings is 2. The van der Waals surface area contributed by atoms with Gasteiger partial charge >= 0.3 is 0 Å². The molecule has 2 N–H and O–H groups in total. The fourth-order valence-corrected chi connectivity index (χ4v) is 3.64. The smallest absolute Gasteiger partial charge is 0.253 e. The first-order chi connectivity index (χ1) is 12.2. The number of nitrogens with one attached hydrogen (secondary N) is 2. The van der Waals surface area contributed by atoms with E-state index < -0.39 is 0 Å². The van der Waals surface area contributed by atoms with Crippen molar-refractivity contribution in [2.45, 2.75) is 12.5 Å². The number of ether oxygens (including phenoxy) is 2. The molecule has 0 bridgehead atoms. The van der Waals surface area contributed by atoms with Crippen LogP contribution in [0.1, 0.15) is 22.7 Å². The van der Waals surface area contributed by atoms with E-state index in [1.54, 1.807) is 20.4 Å². The Morgan fingerprint density at radius 1 is 1.08 bits per heavy atom. The van der Waals surface area contributed by atoms with E-state index in [2.05, 4.69) is 10.3 Å². The highest BCUT2D eigenvalue weighted by Crippen LogP contribution is 2.37. The normalized spacial score (nSPS) is 16.5. The van der Waals surface area contributed by atoms with Crippen LogP contribution in [0.5, 0.6) is 11.5 Å². The number of methoxy groups -OCH3 is 2. The van der Waals surface area contributed by atoms with Crippen LogP contribution in [0, 0.1) is 0 Å². The van der Waals surface area contributed by atoms with Crippen LogP contribution in [-0.2, 0) is 6.42 Å². The first-order valence-corrected chi connectivity index (χ1v) is 8.31. The summed E-state index contributed by atoms with van der Waals surface area (Å²) < 4.78 is 10.9. The fraction of sp³-hybridized carbons (Fsp3) is 0.250. The van der Waals surface area contributed by atoms with Crippen molar-refractivity contribution in [1.29, 1.82) is 0 Å². The van der Waals surface area contributed by atoms with Gasteiger partial charge in [-0.1, -0.05) is 24.3 Å². The average molecular weight is 336 g/mol. The van der Waals surface area contributed by atoms with E-state index in [0.717, 1.165) is 34.9 Å². The van der Waals surface area contributed by atoms with E-state index in [9.17, 15) is 4.79 Å². The zero-order valence-corrected chi connectivity index (χ0v) is 14.3. The number of aromatic amines is 1. The predicted molar refractivity (Wildman–Crippen MR) is 97.7 cm³/mol. The Morgan fingerprint density at radius 2 is 1.84 bits per heavy atom. The van der Waals surface area contributed by atoms with Crippen LogP contribution in [0.3, 0.4) is 0 Å². The maximum atomic E-state index is 12.7. The van der Waals surface area contributed by atoms with Crippen LogP contribution in [0.2, 0.25) is 0 Å². The van der Waals surface area contributed by atoms with E-state index in [0.29, 0.717) is 11.5 Å². The molecule has 0 saturated carbocycles. The Balaban J connectivity index is 1.96. The van der Waals surface area contributed by atoms with Crippen molar-refractivity contribution in [2.24, 2.45) is 0 Å². The first kappa shape index (κ1) is 15.7. The summed E-state index contributed by atoms with van der Waals surface area (Å²) in [4.78, 5) is 15.5. The molecule has 3 aromatic rings. The molecule has 128 valence electrons. The second-order valence-electron chi connectivity index (χ2n) is 6.16. The van der Waals surface area contributed by atoms with Crippen LogP contribution in [0.15, 0.2) is 47.4 Å². The van der Waals surface area contributed by atoms with Gasteiger partial charge < -0.3 is 19.8 Å². The van der Waals surface area contributed by atoms with Crippen molar-refractivity contribution in [3.05, 3.63) is 69.6 Å². The van der Waals surface area contributed by atoms with Gasteiger partial charge in [0, 0.05) is 18.3 Å². The Hall–Kier alpha value is -2.79. The van der Waals surface area contributed by atoms with Gasteiger partial charge in [-0.15, -0.1) is 0 Å². The van der Waals surface area contributed by atoms with Crippen LogP contribution in [0.4, 0.5) is 0 Å². The lowest BCUT2D eigenvalue weighted by Gasteiger charge is -2.28. The molecule has 1 aliphatic rings. The van der Waals surface area contributed by atoms with Crippen LogP contribution in [-0.4, -0.2) is 25.7 Å². The van der Waals surface area contributed by atoms with Crippen molar-refractivity contribution < 1.29 is 9.47 Å². The number of hydrogen-bond donors (Lipinski definition) is 2. The summed E-state index contributed by atoms with van der Waals surface area (Å²) in [7, 11) is 3.26. The van der Waals surface area contributed by atoms with E-state index in [-0.39, 0.29) is 11.6 Å². The van der Waals surface area contributed by atoms with Gasteiger partial charge in [0.25, 0.3) is 5.56 Å². The van der Waals surface area contributed by atoms with Gasteiger partial charge in [-0.25, -0.2) is 0 Å². The maximum absolute atomic E-state index is 12.7. The molecule has 0 fully saturated rings. The zero-order chi connectivity index (χ0) is 17.4. The fourth-order valence-electron chi connectivity index (χ4n) is 3.64. The third-order valence-corrected chi connectivity index (χ3v) is 4.84. The molecule has 1 aromatic heterocycles. The zero-order valence-electron chi connectivity index (χ0n) is 14.3. The number of rotatable bonds is 3. The van der Waals surface area contributed by atoms with Crippen molar-refractivity contribution in [2.75, 3.05) is 20.8 Å². The van der Waals surface area contributed by atoms with Gasteiger partial charge in [-0.2, -0.15) is 0 Å². The molecule has 0 radical (unpaired) electrons. The summed E-state index contributed by atoms with van der Waals surface area (Å²) in [5.74, 6) is 1.39. The van der Waals surface area contributed by atoms with Crippen molar-refractivity contribution in [3.8, 4) is 11.5 Å². The molecule has 2 aromatic carbocycles. The molecule has 1 unspecified atom stereocenters. The topological polar surface area (TPSA) is 63.4 Å². The minimum absolute atomic E-state index is 0.0705. The van der Waals surface area contributed by atoms with Crippen molar-refractivity contribution in [1.82, 2.24) is 10.3 Å². The molecule has 5 nitrogen and oxygen atoms in total. The maximum Gasteiger partial charge on any atom is 0.253 e. The summed E-state index contributed by atoms with van der Waals surface area (Å²) >= 11 is 0. The standard InChI is InChI=1S/C20H20N2O3/c1-24-16-9-12-7-8-21-19(15(12)10-17(16)25-2)18-14-6-4-3-5-13(14)11-22-20(18)23/h3-6,9-11,19,21H,7-8H2,1-2H3,(H,22,23). The molecule has 25 heavy (non-hydrogen) atoms. The van der Waals surface area contributed by atoms with E-state index in [4.69, 9.17) is 9.47 Å². The second-order valence-corrected chi connectivity index (χ2v) is 6.16. The lowest BCUT2D eigenvalue weighted by Crippen LogP contribution is -2.34. The average Bonchev–Trinajstić information content (AvgIpc) is 2.66. The summed E-state index contributed by atoms with van der Waals surface area (Å²) in [6.07, 6.45) is 2.65. The number of pyridine rings is 1. The molecule has 0 saturated heterocycles. The number of fused-ring (bicyclic) bond motifs is 2. The molecule has 0 spiro atoms. The quantitative estimate of drug-likeness (QED) is 0.772. The molecule has 2 heterocycles. The predicted octanol–water partition coefficient (Wildman–Crippen LogP) is 2.78. The lowest BCUT2D eigenvalue weighted by atomic mass is 9.88. The second kappa shape index (κ2) is 6.26. The first-order valence-electron chi connectivity index (χ1n) is 8.31. The molecule has 1 aliphatic heterocycles. The Labute approximate surface area is 145 Å². The number of aromatic nitrogens is 1. The molecular formula is C20H20N2O3. The molecular weight excluding hydrogens is 316 g/mol. The van der Waals surface area contributed by atoms with Gasteiger partial charge in [-0.3, -0.25) is 4.79 Å². The lowest BCUT2D eigenvalue weighted by molar-refractivity contribution is 0.353. The molecule has 0 amide bonds. The van der Waals surface area contributed by atoms with E-state index >= 15 is 0 Å². The van der Waals surface area contributed by atoms with Crippen molar-refractivity contribution >= 4 is 10.8 Å². The minimum Gasteiger partial charge on any atom is -0.493 e. The molecule has 0 aliphatic carbocycles. The summed E-state index contributed by atoms with van der Waals surface area (Å²) in [5.41, 5.74) is 2.91. The van der Waals surface area contributed by atoms with Gasteiger partial charge in [0.2, 0.25) is 0 Å². The summed E-state index contributed by atoms with van der Waals surface area (Å²) in [6, 6.07) is 11.7. The highest BCUT2D eigenvalue weighted by Gasteiger charge is 2.27. The van der Waals surface area contributed by atoms with Crippen LogP contribution >= 0.6 is 0 Å². The third-order valence-electron chi connectivity index (χ3n) is 4.84. The van der Waals surface area contributed by atoms with Crippen molar-refractivity contribution in [3.63, 3.8) is 0 Å². The third kappa shape index (κ3) is 2.57. The number of H-pyrrole nitrogens is 1. The Kier molecular flexibility index (Phi) is 3.93. The van der Waals surface area contributed by atoms with Crippen LogP contribution in [0.25, 0.3) is 10.8 Å². The monoisotopic (exact) mass is 336 g/mol. The molecule has 4 rings (SSSR count). The minimum atomic E-state index is -0.182. The SMILES string of the molecule is COc1cc2c(cc1OC)C(c1c(=O)[nH]cc3ccccc13)NCC2. The van der Waals surface area contributed by atoms with Gasteiger partial charge in [0.15, 0.2) is 11.5 Å². The highest BCUT2D eigenvalue weighted by atomic mass is 16.5. The van der Waals surface area contributed by atoms with Gasteiger partial charge in [-0.05, 0) is 40.5 Å². The van der Waals surface area contributed by atoms with Gasteiger partial charge in [0.05, 0.1) is 20.3 Å². The summed E-state index contributed by atoms with van der Waals surface area (Å²) in [5, 5.41) is 5.48. The van der Waals surface area contributed by atoms with Gasteiger partial charge in [0.1, 0.15) is 0 Å². The van der Waals surface area contributed by atoms with E-state index in [1.807, 2.05) is 36.4 Å². The highest BCUT2D eigenvalue weighted by molar-refractivity contribution is 5.85. The number of hydrogen-bond acceptors (Lipinski definition) is 4. The summed E-state index contributed by atoms with van der Waals surface area (Å²) in [6.45, 7) is 0.801. The Morgan fingerprint density at radius 3 is 2.64 bits per heavy atom. The largest absolute Gasteiger partial charge is 0.493 e. The molecule has 5 heteroatoms. The Bertz CT molecular complexity index is 994. The van der Waals surface area contributed by atoms with Crippen LogP contribution < -0.4 is 20.3 Å². The molecule has 1 atom stereocenters. The van der Waals surface area contributed by atoms with E-state index in [1.165, 1.54) is 5.56 Å².